The highest BCUT2D eigenvalue weighted by Gasteiger charge is 2.45. The topological polar surface area (TPSA) is 73.4 Å². The van der Waals surface area contributed by atoms with Gasteiger partial charge in [0.2, 0.25) is 0 Å². The standard InChI is InChI=1S/C27H20BrFN2O3/c28-19-5-3-4-17(14-19)24-23(25(32)16-8-10-20(29)11-9-16)26(33)27(34)31(24)13-12-18-15-30-22-7-2-1-6-21(18)22/h1-11,14-15,24,30,32H,12-13H2/b25-23+. The van der Waals surface area contributed by atoms with E-state index in [4.69, 9.17) is 0 Å². The predicted molar refractivity (Wildman–Crippen MR) is 132 cm³/mol. The van der Waals surface area contributed by atoms with Crippen LogP contribution in [0.3, 0.4) is 0 Å². The van der Waals surface area contributed by atoms with Crippen LogP contribution in [0.15, 0.2) is 89.0 Å². The number of nitrogens with zero attached hydrogens (tertiary/aromatic N) is 1. The van der Waals surface area contributed by atoms with Crippen LogP contribution in [0.5, 0.6) is 0 Å². The van der Waals surface area contributed by atoms with Crippen LogP contribution in [-0.2, 0) is 16.0 Å². The minimum atomic E-state index is -0.771. The van der Waals surface area contributed by atoms with Crippen LogP contribution in [0.4, 0.5) is 4.39 Å². The van der Waals surface area contributed by atoms with E-state index in [0.29, 0.717) is 12.0 Å². The molecule has 1 saturated heterocycles. The number of para-hydroxylation sites is 1. The Bertz CT molecular complexity index is 1440. The monoisotopic (exact) mass is 518 g/mol. The molecule has 5 nitrogen and oxygen atoms in total. The van der Waals surface area contributed by atoms with E-state index in [9.17, 15) is 19.1 Å². The Labute approximate surface area is 203 Å². The van der Waals surface area contributed by atoms with Gasteiger partial charge < -0.3 is 15.0 Å². The van der Waals surface area contributed by atoms with Gasteiger partial charge in [0.25, 0.3) is 11.7 Å². The van der Waals surface area contributed by atoms with Gasteiger partial charge >= 0.3 is 0 Å². The maximum Gasteiger partial charge on any atom is 0.295 e. The number of carbonyl (C=O) groups is 2. The number of amides is 1. The van der Waals surface area contributed by atoms with Crippen LogP contribution in [0.2, 0.25) is 0 Å². The lowest BCUT2D eigenvalue weighted by molar-refractivity contribution is -0.139. The number of hydrogen-bond acceptors (Lipinski definition) is 3. The second-order valence-corrected chi connectivity index (χ2v) is 9.08. The van der Waals surface area contributed by atoms with Gasteiger partial charge in [-0.25, -0.2) is 4.39 Å². The van der Waals surface area contributed by atoms with Crippen LogP contribution in [0.25, 0.3) is 16.7 Å². The molecule has 170 valence electrons. The number of likely N-dealkylation sites (tertiary alicyclic amines) is 1. The van der Waals surface area contributed by atoms with Crippen LogP contribution >= 0.6 is 15.9 Å². The molecule has 4 aromatic rings. The first-order valence-electron chi connectivity index (χ1n) is 10.8. The lowest BCUT2D eigenvalue weighted by atomic mass is 9.95. The third-order valence-electron chi connectivity index (χ3n) is 6.12. The van der Waals surface area contributed by atoms with Gasteiger partial charge in [-0.2, -0.15) is 0 Å². The summed E-state index contributed by atoms with van der Waals surface area (Å²) in [5.74, 6) is -2.21. The third kappa shape index (κ3) is 3.92. The van der Waals surface area contributed by atoms with Crippen molar-refractivity contribution in [3.8, 4) is 0 Å². The van der Waals surface area contributed by atoms with E-state index in [0.717, 1.165) is 20.9 Å². The first-order valence-corrected chi connectivity index (χ1v) is 11.6. The van der Waals surface area contributed by atoms with Crippen molar-refractivity contribution in [3.63, 3.8) is 0 Å². The SMILES string of the molecule is O=C1C(=O)N(CCc2c[nH]c3ccccc23)C(c2cccc(Br)c2)/C1=C(\O)c1ccc(F)cc1. The highest BCUT2D eigenvalue weighted by Crippen LogP contribution is 2.40. The molecule has 1 unspecified atom stereocenters. The molecule has 34 heavy (non-hydrogen) atoms. The van der Waals surface area contributed by atoms with E-state index < -0.39 is 23.5 Å². The second kappa shape index (κ2) is 8.91. The number of halogens is 2. The Hall–Kier alpha value is -3.71. The Balaban J connectivity index is 1.57. The number of aliphatic hydroxyl groups excluding tert-OH is 1. The minimum Gasteiger partial charge on any atom is -0.507 e. The van der Waals surface area contributed by atoms with Gasteiger partial charge in [0.15, 0.2) is 0 Å². The normalized spacial score (nSPS) is 17.6. The molecule has 2 N–H and O–H groups in total. The maximum absolute atomic E-state index is 13.4. The van der Waals surface area contributed by atoms with E-state index in [2.05, 4.69) is 20.9 Å². The van der Waals surface area contributed by atoms with Gasteiger partial charge in [-0.15, -0.1) is 0 Å². The number of ketones is 1. The van der Waals surface area contributed by atoms with Crippen molar-refractivity contribution in [2.75, 3.05) is 6.54 Å². The number of fused-ring (bicyclic) bond motifs is 1. The molecule has 7 heteroatoms. The number of nitrogens with one attached hydrogen (secondary N) is 1. The van der Waals surface area contributed by atoms with E-state index >= 15 is 0 Å². The van der Waals surface area contributed by atoms with Crippen molar-refractivity contribution >= 4 is 44.3 Å². The molecule has 0 spiro atoms. The molecular formula is C27H20BrFN2O3. The number of aromatic amines is 1. The second-order valence-electron chi connectivity index (χ2n) is 8.16. The molecule has 1 aliphatic rings. The average molecular weight is 519 g/mol. The Morgan fingerprint density at radius 1 is 1.03 bits per heavy atom. The van der Waals surface area contributed by atoms with Gasteiger partial charge in [-0.3, -0.25) is 9.59 Å². The van der Waals surface area contributed by atoms with Crippen molar-refractivity contribution in [2.45, 2.75) is 12.5 Å². The number of rotatable bonds is 5. The highest BCUT2D eigenvalue weighted by atomic mass is 79.9. The Morgan fingerprint density at radius 2 is 1.79 bits per heavy atom. The summed E-state index contributed by atoms with van der Waals surface area (Å²) in [6, 6.07) is 19.6. The third-order valence-corrected chi connectivity index (χ3v) is 6.61. The molecule has 1 fully saturated rings. The molecular weight excluding hydrogens is 499 g/mol. The summed E-state index contributed by atoms with van der Waals surface area (Å²) in [6.45, 7) is 0.282. The van der Waals surface area contributed by atoms with Crippen LogP contribution in [0, 0.1) is 5.82 Å². The van der Waals surface area contributed by atoms with E-state index in [1.54, 1.807) is 0 Å². The number of hydrogen-bond donors (Lipinski definition) is 2. The first-order chi connectivity index (χ1) is 16.4. The molecule has 0 saturated carbocycles. The Morgan fingerprint density at radius 3 is 2.56 bits per heavy atom. The summed E-state index contributed by atoms with van der Waals surface area (Å²) in [5.41, 5.74) is 2.99. The van der Waals surface area contributed by atoms with Crippen molar-refractivity contribution in [1.82, 2.24) is 9.88 Å². The Kier molecular flexibility index (Phi) is 5.79. The molecule has 0 bridgehead atoms. The summed E-state index contributed by atoms with van der Waals surface area (Å²) < 4.78 is 14.2. The van der Waals surface area contributed by atoms with Crippen molar-refractivity contribution in [2.24, 2.45) is 0 Å². The molecule has 5 rings (SSSR count). The summed E-state index contributed by atoms with van der Waals surface area (Å²) >= 11 is 3.45. The molecule has 0 aliphatic carbocycles. The van der Waals surface area contributed by atoms with E-state index in [1.165, 1.54) is 29.2 Å². The largest absolute Gasteiger partial charge is 0.507 e. The fraction of sp³-hybridized carbons (Fsp3) is 0.111. The van der Waals surface area contributed by atoms with Crippen LogP contribution in [-0.4, -0.2) is 33.2 Å². The van der Waals surface area contributed by atoms with E-state index in [-0.39, 0.29) is 23.4 Å². The fourth-order valence-electron chi connectivity index (χ4n) is 4.48. The van der Waals surface area contributed by atoms with Crippen LogP contribution < -0.4 is 0 Å². The van der Waals surface area contributed by atoms with E-state index in [1.807, 2.05) is 54.7 Å². The zero-order valence-corrected chi connectivity index (χ0v) is 19.5. The fourth-order valence-corrected chi connectivity index (χ4v) is 4.89. The molecule has 1 aliphatic heterocycles. The van der Waals surface area contributed by atoms with Crippen molar-refractivity contribution in [3.05, 3.63) is 112 Å². The summed E-state index contributed by atoms with van der Waals surface area (Å²) in [5, 5.41) is 12.1. The maximum atomic E-state index is 13.4. The average Bonchev–Trinajstić information content (AvgIpc) is 3.36. The molecule has 1 amide bonds. The summed E-state index contributed by atoms with van der Waals surface area (Å²) in [7, 11) is 0. The number of carbonyl (C=O) groups excluding carboxylic acids is 2. The predicted octanol–water partition coefficient (Wildman–Crippen LogP) is 5.73. The highest BCUT2D eigenvalue weighted by molar-refractivity contribution is 9.10. The first kappa shape index (κ1) is 22.1. The van der Waals surface area contributed by atoms with Gasteiger partial charge in [-0.05, 0) is 60.0 Å². The molecule has 3 aromatic carbocycles. The van der Waals surface area contributed by atoms with Crippen LogP contribution in [0.1, 0.15) is 22.7 Å². The molecule has 0 radical (unpaired) electrons. The van der Waals surface area contributed by atoms with Crippen molar-refractivity contribution < 1.29 is 19.1 Å². The summed E-state index contributed by atoms with van der Waals surface area (Å²) in [6.07, 6.45) is 2.44. The quantitative estimate of drug-likeness (QED) is 0.201. The number of benzene rings is 3. The van der Waals surface area contributed by atoms with Gasteiger partial charge in [-0.1, -0.05) is 46.3 Å². The number of aromatic nitrogens is 1. The van der Waals surface area contributed by atoms with Gasteiger partial charge in [0.05, 0.1) is 11.6 Å². The lowest BCUT2D eigenvalue weighted by Gasteiger charge is -2.25. The molecule has 2 heterocycles. The molecule has 1 aromatic heterocycles. The number of Topliss-reactive ketones (excluding diaryl/α,β-unsaturated/α-hetero) is 1. The summed E-state index contributed by atoms with van der Waals surface area (Å²) in [4.78, 5) is 31.0. The lowest BCUT2D eigenvalue weighted by Crippen LogP contribution is -2.31. The molecule has 1 atom stereocenters. The van der Waals surface area contributed by atoms with Gasteiger partial charge in [0, 0.05) is 33.7 Å². The number of aliphatic hydroxyl groups is 1. The van der Waals surface area contributed by atoms with Gasteiger partial charge in [0.1, 0.15) is 11.6 Å². The van der Waals surface area contributed by atoms with Crippen molar-refractivity contribution in [1.29, 1.82) is 0 Å². The smallest absolute Gasteiger partial charge is 0.295 e. The number of H-pyrrole nitrogens is 1. The minimum absolute atomic E-state index is 0.00589. The zero-order valence-electron chi connectivity index (χ0n) is 18.0. The zero-order chi connectivity index (χ0) is 23.8.